The van der Waals surface area contributed by atoms with Crippen molar-refractivity contribution >= 4 is 0 Å². The quantitative estimate of drug-likeness (QED) is 0.557. The third-order valence-electron chi connectivity index (χ3n) is 6.74. The number of likely N-dealkylation sites (tertiary alicyclic amines) is 1. The van der Waals surface area contributed by atoms with Crippen LogP contribution in [0.2, 0.25) is 0 Å². The first-order valence-corrected chi connectivity index (χ1v) is 11.7. The fourth-order valence-electron chi connectivity index (χ4n) is 5.05. The van der Waals surface area contributed by atoms with E-state index in [1.54, 1.807) is 6.07 Å². The molecule has 1 fully saturated rings. The monoisotopic (exact) mass is 429 g/mol. The molecule has 4 heteroatoms. The van der Waals surface area contributed by atoms with Crippen LogP contribution in [0.25, 0.3) is 0 Å². The Morgan fingerprint density at radius 2 is 1.66 bits per heavy atom. The van der Waals surface area contributed by atoms with Gasteiger partial charge in [0.25, 0.3) is 0 Å². The summed E-state index contributed by atoms with van der Waals surface area (Å²) < 4.78 is 12.1. The maximum absolute atomic E-state index is 10.2. The Morgan fingerprint density at radius 1 is 0.875 bits per heavy atom. The molecule has 3 aromatic rings. The van der Waals surface area contributed by atoms with Gasteiger partial charge in [0, 0.05) is 23.9 Å². The van der Waals surface area contributed by atoms with Gasteiger partial charge in [0.05, 0.1) is 6.61 Å². The molecule has 32 heavy (non-hydrogen) atoms. The predicted octanol–water partition coefficient (Wildman–Crippen LogP) is 5.57. The van der Waals surface area contributed by atoms with Gasteiger partial charge in [0.15, 0.2) is 0 Å². The molecule has 2 atom stereocenters. The van der Waals surface area contributed by atoms with E-state index in [0.29, 0.717) is 6.61 Å². The topological polar surface area (TPSA) is 41.9 Å². The molecule has 0 saturated carbocycles. The molecule has 1 saturated heterocycles. The molecule has 0 spiro atoms. The van der Waals surface area contributed by atoms with E-state index in [0.717, 1.165) is 30.2 Å². The molecule has 0 amide bonds. The Kier molecular flexibility index (Phi) is 6.31. The number of rotatable bonds is 6. The summed E-state index contributed by atoms with van der Waals surface area (Å²) in [4.78, 5) is 2.49. The highest BCUT2D eigenvalue weighted by Gasteiger charge is 2.33. The van der Waals surface area contributed by atoms with Crippen molar-refractivity contribution < 1.29 is 14.6 Å². The van der Waals surface area contributed by atoms with Crippen LogP contribution in [0, 0.1) is 0 Å². The summed E-state index contributed by atoms with van der Waals surface area (Å²) in [6.07, 6.45) is 3.97. The van der Waals surface area contributed by atoms with Gasteiger partial charge in [-0.25, -0.2) is 0 Å². The number of phenols is 1. The van der Waals surface area contributed by atoms with Gasteiger partial charge in [0.1, 0.15) is 23.9 Å². The molecule has 3 aromatic carbocycles. The highest BCUT2D eigenvalue weighted by molar-refractivity contribution is 5.51. The molecule has 2 aliphatic heterocycles. The Morgan fingerprint density at radius 3 is 2.44 bits per heavy atom. The van der Waals surface area contributed by atoms with Crippen LogP contribution in [0.1, 0.15) is 47.8 Å². The van der Waals surface area contributed by atoms with Gasteiger partial charge in [-0.1, -0.05) is 48.9 Å². The van der Waals surface area contributed by atoms with Crippen LogP contribution in [0.15, 0.2) is 72.8 Å². The highest BCUT2D eigenvalue weighted by atomic mass is 16.5. The van der Waals surface area contributed by atoms with Crippen molar-refractivity contribution in [2.45, 2.75) is 31.1 Å². The SMILES string of the molecule is Oc1ccc2c(c1)[C@@H](c1ccc(OCCN3CCCCC3)cc1)[C@H](c1ccccc1)CO2. The van der Waals surface area contributed by atoms with Gasteiger partial charge < -0.3 is 14.6 Å². The van der Waals surface area contributed by atoms with E-state index in [9.17, 15) is 5.11 Å². The van der Waals surface area contributed by atoms with Crippen LogP contribution in [0.4, 0.5) is 0 Å². The number of benzene rings is 3. The van der Waals surface area contributed by atoms with E-state index in [-0.39, 0.29) is 17.6 Å². The Labute approximate surface area is 190 Å². The van der Waals surface area contributed by atoms with E-state index in [4.69, 9.17) is 9.47 Å². The Bertz CT molecular complexity index is 1010. The van der Waals surface area contributed by atoms with E-state index in [1.165, 1.54) is 43.5 Å². The molecule has 0 unspecified atom stereocenters. The molecule has 0 aromatic heterocycles. The van der Waals surface area contributed by atoms with Crippen LogP contribution in [-0.2, 0) is 0 Å². The van der Waals surface area contributed by atoms with Gasteiger partial charge in [-0.2, -0.15) is 0 Å². The summed E-state index contributed by atoms with van der Waals surface area (Å²) in [5.74, 6) is 2.31. The summed E-state index contributed by atoms with van der Waals surface area (Å²) in [6.45, 7) is 4.71. The van der Waals surface area contributed by atoms with Crippen LogP contribution < -0.4 is 9.47 Å². The first kappa shape index (κ1) is 20.9. The number of nitrogens with zero attached hydrogens (tertiary/aromatic N) is 1. The molecule has 0 radical (unpaired) electrons. The molecular weight excluding hydrogens is 398 g/mol. The normalized spacial score (nSPS) is 20.9. The van der Waals surface area contributed by atoms with Crippen LogP contribution in [0.5, 0.6) is 17.2 Å². The van der Waals surface area contributed by atoms with Crippen molar-refractivity contribution in [1.29, 1.82) is 0 Å². The number of hydrogen-bond acceptors (Lipinski definition) is 4. The summed E-state index contributed by atoms with van der Waals surface area (Å²) in [7, 11) is 0. The second kappa shape index (κ2) is 9.66. The summed E-state index contributed by atoms with van der Waals surface area (Å²) >= 11 is 0. The lowest BCUT2D eigenvalue weighted by Gasteiger charge is -2.34. The molecule has 166 valence electrons. The third-order valence-corrected chi connectivity index (χ3v) is 6.74. The van der Waals surface area contributed by atoms with Gasteiger partial charge in [-0.3, -0.25) is 4.90 Å². The Balaban J connectivity index is 1.36. The first-order valence-electron chi connectivity index (χ1n) is 11.7. The second-order valence-corrected chi connectivity index (χ2v) is 8.85. The highest BCUT2D eigenvalue weighted by Crippen LogP contribution is 2.47. The average Bonchev–Trinajstić information content (AvgIpc) is 2.85. The zero-order chi connectivity index (χ0) is 21.8. The number of phenolic OH excluding ortho intramolecular Hbond substituents is 1. The van der Waals surface area contributed by atoms with Crippen LogP contribution in [-0.4, -0.2) is 42.9 Å². The lowest BCUT2D eigenvalue weighted by Crippen LogP contribution is -2.33. The number of aromatic hydroxyl groups is 1. The van der Waals surface area contributed by atoms with Gasteiger partial charge in [-0.15, -0.1) is 0 Å². The molecule has 4 nitrogen and oxygen atoms in total. The number of hydrogen-bond donors (Lipinski definition) is 1. The van der Waals surface area contributed by atoms with E-state index >= 15 is 0 Å². The minimum Gasteiger partial charge on any atom is -0.508 e. The van der Waals surface area contributed by atoms with Gasteiger partial charge >= 0.3 is 0 Å². The van der Waals surface area contributed by atoms with Crippen molar-refractivity contribution in [3.63, 3.8) is 0 Å². The maximum Gasteiger partial charge on any atom is 0.123 e. The molecule has 1 N–H and O–H groups in total. The number of piperidine rings is 1. The minimum atomic E-state index is 0.107. The molecule has 2 heterocycles. The van der Waals surface area contributed by atoms with E-state index < -0.39 is 0 Å². The van der Waals surface area contributed by atoms with Crippen LogP contribution in [0.3, 0.4) is 0 Å². The number of fused-ring (bicyclic) bond motifs is 1. The summed E-state index contributed by atoms with van der Waals surface area (Å²) in [5.41, 5.74) is 3.48. The van der Waals surface area contributed by atoms with Gasteiger partial charge in [-0.05, 0) is 67.4 Å². The van der Waals surface area contributed by atoms with Crippen molar-refractivity contribution in [2.75, 3.05) is 32.8 Å². The average molecular weight is 430 g/mol. The summed E-state index contributed by atoms with van der Waals surface area (Å²) in [6, 6.07) is 24.4. The fraction of sp³-hybridized carbons (Fsp3) is 0.357. The molecule has 0 bridgehead atoms. The van der Waals surface area contributed by atoms with Crippen molar-refractivity contribution in [3.05, 3.63) is 89.5 Å². The number of ether oxygens (including phenoxy) is 2. The first-order chi connectivity index (χ1) is 15.8. The van der Waals surface area contributed by atoms with Gasteiger partial charge in [0.2, 0.25) is 0 Å². The third kappa shape index (κ3) is 4.61. The molecule has 2 aliphatic rings. The van der Waals surface area contributed by atoms with Crippen molar-refractivity contribution in [1.82, 2.24) is 4.90 Å². The minimum absolute atomic E-state index is 0.107. The standard InChI is InChI=1S/C28H31NO3/c30-23-11-14-27-25(19-23)28(26(20-32-27)21-7-3-1-4-8-21)22-9-12-24(13-10-22)31-18-17-29-15-5-2-6-16-29/h1,3-4,7-14,19,26,28,30H,2,5-6,15-18,20H2/t26-,28+/m0/s1. The van der Waals surface area contributed by atoms with Crippen molar-refractivity contribution in [2.24, 2.45) is 0 Å². The molecule has 5 rings (SSSR count). The largest absolute Gasteiger partial charge is 0.508 e. The Hall–Kier alpha value is -2.98. The predicted molar refractivity (Wildman–Crippen MR) is 127 cm³/mol. The molecular formula is C28H31NO3. The smallest absolute Gasteiger partial charge is 0.123 e. The fourth-order valence-corrected chi connectivity index (χ4v) is 5.05. The molecule has 0 aliphatic carbocycles. The maximum atomic E-state index is 10.2. The zero-order valence-electron chi connectivity index (χ0n) is 18.5. The van der Waals surface area contributed by atoms with E-state index in [2.05, 4.69) is 53.4 Å². The lowest BCUT2D eigenvalue weighted by molar-refractivity contribution is 0.183. The second-order valence-electron chi connectivity index (χ2n) is 8.85. The summed E-state index contributed by atoms with van der Waals surface area (Å²) in [5, 5.41) is 10.2. The van der Waals surface area contributed by atoms with Crippen molar-refractivity contribution in [3.8, 4) is 17.2 Å². The van der Waals surface area contributed by atoms with Crippen LogP contribution >= 0.6 is 0 Å². The van der Waals surface area contributed by atoms with E-state index in [1.807, 2.05) is 18.2 Å². The zero-order valence-corrected chi connectivity index (χ0v) is 18.5. The lowest BCUT2D eigenvalue weighted by atomic mass is 9.76.